The third-order valence-corrected chi connectivity index (χ3v) is 10.7. The molecule has 0 radical (unpaired) electrons. The van der Waals surface area contributed by atoms with Crippen LogP contribution in [0.1, 0.15) is 49.9 Å². The van der Waals surface area contributed by atoms with Crippen LogP contribution >= 0.6 is 46.4 Å². The second-order valence-corrected chi connectivity index (χ2v) is 17.2. The Kier molecular flexibility index (Phi) is 15.1. The van der Waals surface area contributed by atoms with E-state index in [4.69, 9.17) is 70.1 Å². The summed E-state index contributed by atoms with van der Waals surface area (Å²) in [6, 6.07) is 51.8. The van der Waals surface area contributed by atoms with Crippen LogP contribution < -0.4 is 18.9 Å². The van der Waals surface area contributed by atoms with Gasteiger partial charge in [-0.05, 0) is 108 Å². The van der Waals surface area contributed by atoms with Crippen LogP contribution in [0.2, 0.25) is 0 Å². The average molecular weight is 869 g/mol. The van der Waals surface area contributed by atoms with Crippen molar-refractivity contribution in [3.05, 3.63) is 201 Å². The van der Waals surface area contributed by atoms with Gasteiger partial charge in [-0.25, -0.2) is 0 Å². The minimum atomic E-state index is -0.508. The van der Waals surface area contributed by atoms with Gasteiger partial charge in [0.2, 0.25) is 0 Å². The molecule has 6 aromatic carbocycles. The summed E-state index contributed by atoms with van der Waals surface area (Å²) in [5, 5.41) is 0. The summed E-state index contributed by atoms with van der Waals surface area (Å²) in [6.07, 6.45) is 3.12. The second kappa shape index (κ2) is 20.4. The van der Waals surface area contributed by atoms with Gasteiger partial charge in [0, 0.05) is 10.8 Å². The lowest BCUT2D eigenvalue weighted by Gasteiger charge is -2.43. The molecule has 304 valence electrons. The molecule has 6 rings (SSSR count). The van der Waals surface area contributed by atoms with Gasteiger partial charge in [-0.1, -0.05) is 159 Å². The number of hydrogen-bond acceptors (Lipinski definition) is 5. The maximum Gasteiger partial charge on any atom is 0.141 e. The fourth-order valence-electron chi connectivity index (χ4n) is 6.82. The molecular formula is C50H46Cl4O5. The summed E-state index contributed by atoms with van der Waals surface area (Å²) in [6.45, 7) is 8.86. The Hall–Kier alpha value is -4.88. The normalized spacial score (nSPS) is 12.5. The molecule has 6 aromatic rings. The van der Waals surface area contributed by atoms with Gasteiger partial charge in [0.1, 0.15) is 56.0 Å². The van der Waals surface area contributed by atoms with Crippen molar-refractivity contribution in [2.24, 2.45) is 0 Å². The van der Waals surface area contributed by atoms with Crippen LogP contribution in [-0.4, -0.2) is 12.2 Å². The number of ether oxygens (including phenoxy) is 5. The number of hydrogen-bond donors (Lipinski definition) is 0. The van der Waals surface area contributed by atoms with E-state index in [0.29, 0.717) is 24.3 Å². The topological polar surface area (TPSA) is 46.2 Å². The Bertz CT molecular complexity index is 2140. The molecule has 9 heteroatoms. The van der Waals surface area contributed by atoms with Crippen LogP contribution in [0.3, 0.4) is 0 Å². The van der Waals surface area contributed by atoms with Crippen LogP contribution in [0.4, 0.5) is 0 Å². The zero-order valence-electron chi connectivity index (χ0n) is 33.3. The molecular weight excluding hydrogens is 822 g/mol. The molecule has 2 unspecified atom stereocenters. The summed E-state index contributed by atoms with van der Waals surface area (Å²) in [7, 11) is 0. The first-order chi connectivity index (χ1) is 28.3. The smallest absolute Gasteiger partial charge is 0.141 e. The summed E-state index contributed by atoms with van der Waals surface area (Å²) >= 11 is 23.3. The molecule has 0 saturated carbocycles. The number of benzene rings is 6. The second-order valence-electron chi connectivity index (χ2n) is 15.2. The monoisotopic (exact) mass is 866 g/mol. The molecule has 0 aliphatic carbocycles. The molecule has 0 aliphatic rings. The van der Waals surface area contributed by atoms with E-state index in [2.05, 4.69) is 76.2 Å². The van der Waals surface area contributed by atoms with Gasteiger partial charge in [-0.3, -0.25) is 0 Å². The maximum absolute atomic E-state index is 7.60. The van der Waals surface area contributed by atoms with Gasteiger partial charge >= 0.3 is 0 Å². The van der Waals surface area contributed by atoms with Gasteiger partial charge in [-0.2, -0.15) is 0 Å². The number of para-hydroxylation sites is 2. The van der Waals surface area contributed by atoms with E-state index in [1.807, 2.05) is 109 Å². The molecule has 59 heavy (non-hydrogen) atoms. The Morgan fingerprint density at radius 3 is 1.15 bits per heavy atom. The van der Waals surface area contributed by atoms with Crippen molar-refractivity contribution in [3.8, 4) is 34.5 Å². The van der Waals surface area contributed by atoms with Crippen molar-refractivity contribution in [1.29, 1.82) is 0 Å². The number of halogens is 4. The minimum Gasteiger partial charge on any atom is -0.463 e. The van der Waals surface area contributed by atoms with Crippen LogP contribution in [0.15, 0.2) is 179 Å². The molecule has 0 fully saturated rings. The lowest BCUT2D eigenvalue weighted by molar-refractivity contribution is -0.0753. The van der Waals surface area contributed by atoms with Crippen molar-refractivity contribution in [1.82, 2.24) is 0 Å². The van der Waals surface area contributed by atoms with E-state index in [9.17, 15) is 0 Å². The Balaban J connectivity index is 1.39. The summed E-state index contributed by atoms with van der Waals surface area (Å²) in [4.78, 5) is 0. The van der Waals surface area contributed by atoms with Gasteiger partial charge in [0.25, 0.3) is 0 Å². The van der Waals surface area contributed by atoms with Crippen LogP contribution in [-0.2, 0) is 28.4 Å². The SMILES string of the molecule is CC(C)(c1ccc(OC=C(Cl)Cl)cc1)C(Cc1cccc(Oc2ccccc2)c1)OC(Cc1cccc(Oc2ccccc2)c1)C(C)(C)c1ccc(OC=C(Cl)Cl)cc1. The molecule has 0 saturated heterocycles. The van der Waals surface area contributed by atoms with E-state index < -0.39 is 10.8 Å². The van der Waals surface area contributed by atoms with Crippen LogP contribution in [0.25, 0.3) is 0 Å². The first-order valence-corrected chi connectivity index (χ1v) is 20.7. The predicted octanol–water partition coefficient (Wildman–Crippen LogP) is 15.1. The first kappa shape index (κ1) is 43.7. The third-order valence-electron chi connectivity index (χ3n) is 10.3. The largest absolute Gasteiger partial charge is 0.463 e. The summed E-state index contributed by atoms with van der Waals surface area (Å²) in [5.74, 6) is 4.25. The third kappa shape index (κ3) is 12.6. The molecule has 0 aliphatic heterocycles. The maximum atomic E-state index is 7.60. The molecule has 0 N–H and O–H groups in total. The highest BCUT2D eigenvalue weighted by Crippen LogP contribution is 2.40. The quantitative estimate of drug-likeness (QED) is 0.0806. The highest BCUT2D eigenvalue weighted by Gasteiger charge is 2.40. The highest BCUT2D eigenvalue weighted by molar-refractivity contribution is 6.56. The Morgan fingerprint density at radius 1 is 0.441 bits per heavy atom. The van der Waals surface area contributed by atoms with Crippen molar-refractivity contribution >= 4 is 46.4 Å². The zero-order valence-corrected chi connectivity index (χ0v) is 36.3. The lowest BCUT2D eigenvalue weighted by atomic mass is 9.74. The van der Waals surface area contributed by atoms with E-state index in [0.717, 1.165) is 45.3 Å². The molecule has 2 atom stereocenters. The van der Waals surface area contributed by atoms with Crippen molar-refractivity contribution in [3.63, 3.8) is 0 Å². The van der Waals surface area contributed by atoms with E-state index in [1.165, 1.54) is 12.5 Å². The van der Waals surface area contributed by atoms with E-state index >= 15 is 0 Å². The molecule has 0 bridgehead atoms. The van der Waals surface area contributed by atoms with Crippen molar-refractivity contribution < 1.29 is 23.7 Å². The lowest BCUT2D eigenvalue weighted by Crippen LogP contribution is -2.46. The van der Waals surface area contributed by atoms with Crippen molar-refractivity contribution in [2.75, 3.05) is 0 Å². The van der Waals surface area contributed by atoms with Gasteiger partial charge in [0.15, 0.2) is 0 Å². The molecule has 0 spiro atoms. The van der Waals surface area contributed by atoms with Crippen LogP contribution in [0, 0.1) is 0 Å². The molecule has 0 amide bonds. The van der Waals surface area contributed by atoms with Gasteiger partial charge < -0.3 is 23.7 Å². The first-order valence-electron chi connectivity index (χ1n) is 19.2. The number of rotatable bonds is 18. The zero-order chi connectivity index (χ0) is 41.8. The average Bonchev–Trinajstić information content (AvgIpc) is 3.23. The Labute approximate surface area is 367 Å². The highest BCUT2D eigenvalue weighted by atomic mass is 35.5. The van der Waals surface area contributed by atoms with Crippen molar-refractivity contribution in [2.45, 2.75) is 63.6 Å². The van der Waals surface area contributed by atoms with E-state index in [-0.39, 0.29) is 21.2 Å². The molecule has 0 heterocycles. The van der Waals surface area contributed by atoms with Crippen LogP contribution in [0.5, 0.6) is 34.5 Å². The predicted molar refractivity (Wildman–Crippen MR) is 242 cm³/mol. The fourth-order valence-corrected chi connectivity index (χ4v) is 7.00. The van der Waals surface area contributed by atoms with Gasteiger partial charge in [-0.15, -0.1) is 0 Å². The van der Waals surface area contributed by atoms with Gasteiger partial charge in [0.05, 0.1) is 12.2 Å². The Morgan fingerprint density at radius 2 is 0.797 bits per heavy atom. The fraction of sp³-hybridized carbons (Fsp3) is 0.200. The minimum absolute atomic E-state index is 0.0332. The molecule has 5 nitrogen and oxygen atoms in total. The standard InChI is InChI=1S/C50H46Cl4O5/c1-49(2,37-21-25-39(26-22-37)55-33-47(51)52)45(31-35-13-11-19-43(29-35)57-41-15-7-5-8-16-41)59-46(50(3,4)38-23-27-40(28-24-38)56-34-48(53)54)32-36-14-12-20-44(30-36)58-42-17-9-6-10-18-42/h5-30,33-34,45-46H,31-32H2,1-4H3. The molecule has 0 aromatic heterocycles. The summed E-state index contributed by atoms with van der Waals surface area (Å²) < 4.78 is 31.5. The van der Waals surface area contributed by atoms with E-state index in [1.54, 1.807) is 0 Å². The summed E-state index contributed by atoms with van der Waals surface area (Å²) in [5.41, 5.74) is 3.25.